The summed E-state index contributed by atoms with van der Waals surface area (Å²) in [5, 5.41) is 0. The van der Waals surface area contributed by atoms with Gasteiger partial charge in [-0.1, -0.05) is 0 Å². The zero-order chi connectivity index (χ0) is 18.5. The molecule has 0 spiro atoms. The average Bonchev–Trinajstić information content (AvgIpc) is 2.59. The molecule has 0 fully saturated rings. The van der Waals surface area contributed by atoms with Crippen LogP contribution in [0.1, 0.15) is 20.8 Å². The van der Waals surface area contributed by atoms with E-state index in [2.05, 4.69) is 32.9 Å². The predicted molar refractivity (Wildman–Crippen MR) is 107 cm³/mol. The van der Waals surface area contributed by atoms with Gasteiger partial charge in [-0.05, 0) is 0 Å². The second-order valence-corrected chi connectivity index (χ2v) is 11.4. The third-order valence-corrected chi connectivity index (χ3v) is 8.76. The zero-order valence-corrected chi connectivity index (χ0v) is 17.7. The number of hydrogen-bond acceptors (Lipinski definition) is 2. The Hall–Kier alpha value is -1.32. The van der Waals surface area contributed by atoms with Crippen LogP contribution in [0.5, 0.6) is 0 Å². The summed E-state index contributed by atoms with van der Waals surface area (Å²) in [4.78, 5) is 0.204. The fraction of sp³-hybridized carbons (Fsp3) is 0.200. The van der Waals surface area contributed by atoms with Gasteiger partial charge in [0.05, 0.1) is 0 Å². The van der Waals surface area contributed by atoms with E-state index in [-0.39, 0.29) is 29.6 Å². The van der Waals surface area contributed by atoms with E-state index in [0.29, 0.717) is 0 Å². The molecule has 0 aliphatic heterocycles. The molecule has 0 radical (unpaired) electrons. The first-order chi connectivity index (χ1) is 11.7. The monoisotopic (exact) mass is 440 g/mol. The quantitative estimate of drug-likeness (QED) is 0.508. The van der Waals surface area contributed by atoms with Gasteiger partial charge in [0, 0.05) is 0 Å². The summed E-state index contributed by atoms with van der Waals surface area (Å²) in [7, 11) is -3.66. The first kappa shape index (κ1) is 20.0. The summed E-state index contributed by atoms with van der Waals surface area (Å²) in [6.45, 7) is 6.37. The van der Waals surface area contributed by atoms with E-state index in [1.165, 1.54) is 15.0 Å². The van der Waals surface area contributed by atoms with Crippen molar-refractivity contribution < 1.29 is 8.42 Å². The molecule has 0 bridgehead atoms. The molecule has 0 aliphatic carbocycles. The van der Waals surface area contributed by atoms with Crippen LogP contribution in [-0.2, 0) is 9.84 Å². The molecule has 0 unspecified atom stereocenters. The Balaban J connectivity index is 2.35. The van der Waals surface area contributed by atoms with Crippen LogP contribution >= 0.6 is 11.6 Å². The zero-order valence-electron chi connectivity index (χ0n) is 14.4. The minimum atomic E-state index is -3.66. The molecule has 2 aromatic rings. The molecule has 0 aliphatic rings. The molecule has 25 heavy (non-hydrogen) atoms. The van der Waals surface area contributed by atoms with Gasteiger partial charge in [-0.25, -0.2) is 0 Å². The van der Waals surface area contributed by atoms with Crippen molar-refractivity contribution in [3.8, 4) is 0 Å². The fourth-order valence-corrected chi connectivity index (χ4v) is 5.39. The number of halogens is 1. The second kappa shape index (κ2) is 8.37. The van der Waals surface area contributed by atoms with Gasteiger partial charge >= 0.3 is 162 Å². The van der Waals surface area contributed by atoms with E-state index in [1.807, 2.05) is 24.3 Å². The molecule has 2 aromatic carbocycles. The summed E-state index contributed by atoms with van der Waals surface area (Å²) >= 11 is 6.24. The van der Waals surface area contributed by atoms with E-state index in [1.54, 1.807) is 30.3 Å². The number of allylic oxidation sites excluding steroid dienone is 3. The SMILES string of the molecule is CC(C)(C)/C(=C\C=C(/Cl)S(=O)(=O)c1ccccc1)[Se]c1ccccc1. The minimum absolute atomic E-state index is 0.0694. The van der Waals surface area contributed by atoms with Crippen LogP contribution in [0.25, 0.3) is 0 Å². The Morgan fingerprint density at radius 1 is 0.920 bits per heavy atom. The van der Waals surface area contributed by atoms with E-state index in [4.69, 9.17) is 11.6 Å². The van der Waals surface area contributed by atoms with Gasteiger partial charge in [0.15, 0.2) is 0 Å². The first-order valence-corrected chi connectivity index (χ1v) is 11.4. The second-order valence-electron chi connectivity index (χ2n) is 6.48. The van der Waals surface area contributed by atoms with E-state index in [9.17, 15) is 8.42 Å². The number of hydrogen-bond donors (Lipinski definition) is 0. The van der Waals surface area contributed by atoms with Crippen molar-refractivity contribution in [3.63, 3.8) is 0 Å². The maximum atomic E-state index is 12.5. The topological polar surface area (TPSA) is 34.1 Å². The molecule has 0 aromatic heterocycles. The molecule has 0 N–H and O–H groups in total. The fourth-order valence-electron chi connectivity index (χ4n) is 2.00. The average molecular weight is 440 g/mol. The van der Waals surface area contributed by atoms with Crippen molar-refractivity contribution in [1.29, 1.82) is 0 Å². The Morgan fingerprint density at radius 3 is 1.96 bits per heavy atom. The van der Waals surface area contributed by atoms with Crippen molar-refractivity contribution in [1.82, 2.24) is 0 Å². The maximum absolute atomic E-state index is 12.5. The first-order valence-electron chi connectivity index (χ1n) is 7.82. The van der Waals surface area contributed by atoms with Gasteiger partial charge < -0.3 is 0 Å². The van der Waals surface area contributed by atoms with Crippen molar-refractivity contribution in [2.75, 3.05) is 0 Å². The summed E-state index contributed by atoms with van der Waals surface area (Å²) in [5.74, 6) is 0. The predicted octanol–water partition coefficient (Wildman–Crippen LogP) is 4.50. The molecule has 0 atom stereocenters. The van der Waals surface area contributed by atoms with Crippen LogP contribution < -0.4 is 4.46 Å². The molecule has 5 heteroatoms. The molecule has 2 rings (SSSR count). The molecular weight excluding hydrogens is 419 g/mol. The van der Waals surface area contributed by atoms with E-state index in [0.717, 1.165) is 0 Å². The Labute approximate surface area is 161 Å². The molecule has 0 saturated carbocycles. The molecule has 0 heterocycles. The van der Waals surface area contributed by atoms with Crippen LogP contribution in [0.15, 0.2) is 86.5 Å². The van der Waals surface area contributed by atoms with Crippen molar-refractivity contribution in [2.24, 2.45) is 5.41 Å². The van der Waals surface area contributed by atoms with Crippen LogP contribution in [0.3, 0.4) is 0 Å². The molecule has 0 saturated heterocycles. The Kier molecular flexibility index (Phi) is 6.70. The van der Waals surface area contributed by atoms with Gasteiger partial charge in [-0.15, -0.1) is 0 Å². The third-order valence-electron chi connectivity index (χ3n) is 3.39. The van der Waals surface area contributed by atoms with Crippen LogP contribution in [0.2, 0.25) is 0 Å². The van der Waals surface area contributed by atoms with E-state index >= 15 is 0 Å². The van der Waals surface area contributed by atoms with E-state index < -0.39 is 9.84 Å². The summed E-state index contributed by atoms with van der Waals surface area (Å²) in [6, 6.07) is 18.4. The van der Waals surface area contributed by atoms with Crippen molar-refractivity contribution in [3.05, 3.63) is 81.7 Å². The number of benzene rings is 2. The van der Waals surface area contributed by atoms with Crippen molar-refractivity contribution in [2.45, 2.75) is 25.7 Å². The third kappa shape index (κ3) is 5.58. The van der Waals surface area contributed by atoms with Crippen LogP contribution in [-0.4, -0.2) is 23.4 Å². The molecule has 0 amide bonds. The summed E-state index contributed by atoms with van der Waals surface area (Å²) < 4.78 is 27.3. The van der Waals surface area contributed by atoms with Gasteiger partial charge in [0.1, 0.15) is 0 Å². The standard InChI is InChI=1S/C20H21ClO2SSe/c1-20(2,3)18(25-17-12-8-5-9-13-17)14-15-19(21)24(22,23)16-10-6-4-7-11-16/h4-15H,1-3H3/b18-14+,19-15+. The Bertz CT molecular complexity index is 865. The van der Waals surface area contributed by atoms with Gasteiger partial charge in [0.25, 0.3) is 0 Å². The van der Waals surface area contributed by atoms with Crippen LogP contribution in [0, 0.1) is 5.41 Å². The van der Waals surface area contributed by atoms with Crippen LogP contribution in [0.4, 0.5) is 0 Å². The molecule has 2 nitrogen and oxygen atoms in total. The molecule has 132 valence electrons. The summed E-state index contributed by atoms with van der Waals surface area (Å²) in [5.41, 5.74) is -0.0694. The van der Waals surface area contributed by atoms with Gasteiger partial charge in [-0.3, -0.25) is 0 Å². The normalized spacial score (nSPS) is 13.8. The number of sulfone groups is 1. The summed E-state index contributed by atoms with van der Waals surface area (Å²) in [6.07, 6.45) is 3.37. The van der Waals surface area contributed by atoms with Gasteiger partial charge in [0.2, 0.25) is 0 Å². The van der Waals surface area contributed by atoms with Gasteiger partial charge in [-0.2, -0.15) is 0 Å². The number of rotatable bonds is 5. The Morgan fingerprint density at radius 2 is 1.44 bits per heavy atom. The van der Waals surface area contributed by atoms with Crippen molar-refractivity contribution >= 4 is 40.9 Å². The molecular formula is C20H21ClO2SSe.